The smallest absolute Gasteiger partial charge is 0.164 e. The maximum atomic E-state index is 10.0. The third-order valence-electron chi connectivity index (χ3n) is 13.9. The second-order valence-corrected chi connectivity index (χ2v) is 18.1. The molecule has 0 saturated heterocycles. The van der Waals surface area contributed by atoms with Gasteiger partial charge in [0.25, 0.3) is 0 Å². The van der Waals surface area contributed by atoms with Crippen LogP contribution in [0.15, 0.2) is 231 Å². The molecule has 0 N–H and O–H groups in total. The van der Waals surface area contributed by atoms with Crippen molar-refractivity contribution < 1.29 is 0 Å². The van der Waals surface area contributed by atoms with Crippen LogP contribution in [0.3, 0.4) is 0 Å². The van der Waals surface area contributed by atoms with E-state index in [9.17, 15) is 15.8 Å². The number of benzene rings is 10. The maximum absolute atomic E-state index is 10.0. The van der Waals surface area contributed by atoms with Crippen LogP contribution in [0.1, 0.15) is 16.7 Å². The lowest BCUT2D eigenvalue weighted by molar-refractivity contribution is 1.07. The summed E-state index contributed by atoms with van der Waals surface area (Å²) in [7, 11) is 0. The lowest BCUT2D eigenvalue weighted by Gasteiger charge is -2.17. The molecule has 0 fully saturated rings. The average Bonchev–Trinajstić information content (AvgIpc) is 4.03. The van der Waals surface area contributed by atoms with Crippen molar-refractivity contribution in [1.82, 2.24) is 24.1 Å². The van der Waals surface area contributed by atoms with Gasteiger partial charge in [0.2, 0.25) is 0 Å². The van der Waals surface area contributed by atoms with Gasteiger partial charge in [-0.15, -0.1) is 0 Å². The van der Waals surface area contributed by atoms with E-state index < -0.39 is 0 Å². The van der Waals surface area contributed by atoms with E-state index in [1.165, 1.54) is 0 Å². The van der Waals surface area contributed by atoms with Crippen LogP contribution in [0, 0.1) is 34.0 Å². The van der Waals surface area contributed by atoms with E-state index in [0.717, 1.165) is 105 Å². The Morgan fingerprint density at radius 3 is 1.09 bits per heavy atom. The van der Waals surface area contributed by atoms with Gasteiger partial charge in [-0.25, -0.2) is 15.0 Å². The number of para-hydroxylation sites is 4. The summed E-state index contributed by atoms with van der Waals surface area (Å²) < 4.78 is 4.59. The number of nitrogens with zero attached hydrogens (tertiary/aromatic N) is 8. The van der Waals surface area contributed by atoms with E-state index in [1.807, 2.05) is 109 Å². The third kappa shape index (κ3) is 7.33. The zero-order valence-electron chi connectivity index (χ0n) is 39.5. The number of hydrogen-bond acceptors (Lipinski definition) is 6. The predicted octanol–water partition coefficient (Wildman–Crippen LogP) is 15.7. The lowest BCUT2D eigenvalue weighted by Crippen LogP contribution is -2.03. The van der Waals surface area contributed by atoms with E-state index in [4.69, 9.17) is 15.0 Å². The second kappa shape index (κ2) is 17.9. The molecule has 13 aromatic rings. The molecule has 0 bridgehead atoms. The van der Waals surface area contributed by atoms with Crippen LogP contribution in [0.2, 0.25) is 0 Å². The van der Waals surface area contributed by atoms with Crippen molar-refractivity contribution in [3.63, 3.8) is 0 Å². The molecule has 0 aliphatic carbocycles. The zero-order valence-corrected chi connectivity index (χ0v) is 39.5. The molecule has 8 nitrogen and oxygen atoms in total. The Morgan fingerprint density at radius 1 is 0.284 bits per heavy atom. The van der Waals surface area contributed by atoms with Gasteiger partial charge < -0.3 is 9.13 Å². The summed E-state index contributed by atoms with van der Waals surface area (Å²) in [4.78, 5) is 16.0. The van der Waals surface area contributed by atoms with Crippen LogP contribution in [-0.2, 0) is 0 Å². The van der Waals surface area contributed by atoms with Gasteiger partial charge in [0, 0.05) is 49.4 Å². The fourth-order valence-electron chi connectivity index (χ4n) is 10.5. The summed E-state index contributed by atoms with van der Waals surface area (Å²) in [6.45, 7) is 0. The number of aromatic nitrogens is 5. The van der Waals surface area contributed by atoms with Crippen molar-refractivity contribution in [1.29, 1.82) is 15.8 Å². The topological polar surface area (TPSA) is 120 Å². The van der Waals surface area contributed by atoms with Crippen LogP contribution in [0.4, 0.5) is 0 Å². The van der Waals surface area contributed by atoms with Crippen molar-refractivity contribution in [3.05, 3.63) is 247 Å². The Hall–Kier alpha value is -10.7. The molecular formula is C66H38N8. The molecule has 3 heterocycles. The molecule has 0 aliphatic rings. The monoisotopic (exact) mass is 942 g/mol. The Morgan fingerprint density at radius 2 is 0.662 bits per heavy atom. The molecule has 0 amide bonds. The molecule has 0 atom stereocenters. The Bertz CT molecular complexity index is 4190. The summed E-state index contributed by atoms with van der Waals surface area (Å²) in [5, 5.41) is 34.5. The van der Waals surface area contributed by atoms with Crippen LogP contribution >= 0.6 is 0 Å². The highest BCUT2D eigenvalue weighted by atomic mass is 15.0. The van der Waals surface area contributed by atoms with E-state index >= 15 is 0 Å². The fraction of sp³-hybridized carbons (Fsp3) is 0. The first-order valence-corrected chi connectivity index (χ1v) is 24.2. The average molecular weight is 943 g/mol. The quantitative estimate of drug-likeness (QED) is 0.150. The Labute approximate surface area is 425 Å². The van der Waals surface area contributed by atoms with Crippen molar-refractivity contribution in [2.75, 3.05) is 0 Å². The van der Waals surface area contributed by atoms with Gasteiger partial charge in [-0.05, 0) is 89.0 Å². The molecule has 3 aromatic heterocycles. The Kier molecular flexibility index (Phi) is 10.5. The summed E-state index contributed by atoms with van der Waals surface area (Å²) in [5.74, 6) is 1.40. The van der Waals surface area contributed by atoms with Crippen LogP contribution in [0.25, 0.3) is 123 Å². The lowest BCUT2D eigenvalue weighted by atomic mass is 9.98. The highest BCUT2D eigenvalue weighted by Gasteiger charge is 2.22. The van der Waals surface area contributed by atoms with Crippen LogP contribution < -0.4 is 0 Å². The highest BCUT2D eigenvalue weighted by molar-refractivity contribution is 6.11. The molecule has 0 spiro atoms. The summed E-state index contributed by atoms with van der Waals surface area (Å²) >= 11 is 0. The fourth-order valence-corrected chi connectivity index (χ4v) is 10.5. The first kappa shape index (κ1) is 43.3. The zero-order chi connectivity index (χ0) is 49.7. The highest BCUT2D eigenvalue weighted by Crippen LogP contribution is 2.41. The number of nitriles is 3. The minimum absolute atomic E-state index is 0.465. The van der Waals surface area contributed by atoms with Crippen molar-refractivity contribution >= 4 is 43.6 Å². The molecule has 10 aromatic carbocycles. The van der Waals surface area contributed by atoms with Crippen molar-refractivity contribution in [3.8, 4) is 97.1 Å². The molecule has 342 valence electrons. The normalized spacial score (nSPS) is 11.2. The van der Waals surface area contributed by atoms with Crippen molar-refractivity contribution in [2.45, 2.75) is 0 Å². The predicted molar refractivity (Wildman–Crippen MR) is 295 cm³/mol. The number of rotatable bonds is 8. The molecule has 13 rings (SSSR count). The van der Waals surface area contributed by atoms with Crippen molar-refractivity contribution in [2.24, 2.45) is 0 Å². The molecular weight excluding hydrogens is 905 g/mol. The van der Waals surface area contributed by atoms with Gasteiger partial charge in [0.15, 0.2) is 17.5 Å². The second-order valence-electron chi connectivity index (χ2n) is 18.1. The van der Waals surface area contributed by atoms with Crippen LogP contribution in [0.5, 0.6) is 0 Å². The SMILES string of the molecule is N#Cc1cccc(-c2ccc(-c3nc(-c4ccc(-c5ccccc5C#N)cc4)nc(-c4ccc(-c5cccc(C#N)c5)c(-n5c6ccccc6c6ccccc65)c4)n3)cc2-n2c3ccccc3c3ccccc32)c1. The van der Waals surface area contributed by atoms with Gasteiger partial charge in [0.1, 0.15) is 0 Å². The first-order chi connectivity index (χ1) is 36.5. The molecule has 0 saturated carbocycles. The summed E-state index contributed by atoms with van der Waals surface area (Å²) in [6, 6.07) is 84.3. The number of hydrogen-bond donors (Lipinski definition) is 0. The summed E-state index contributed by atoms with van der Waals surface area (Å²) in [5.41, 5.74) is 15.4. The van der Waals surface area contributed by atoms with Gasteiger partial charge in [-0.3, -0.25) is 0 Å². The molecule has 0 aliphatic heterocycles. The minimum atomic E-state index is 0.465. The van der Waals surface area contributed by atoms with E-state index in [-0.39, 0.29) is 0 Å². The van der Waals surface area contributed by atoms with Gasteiger partial charge in [-0.1, -0.05) is 164 Å². The molecule has 0 radical (unpaired) electrons. The van der Waals surface area contributed by atoms with E-state index in [1.54, 1.807) is 0 Å². The maximum Gasteiger partial charge on any atom is 0.164 e. The van der Waals surface area contributed by atoms with Crippen LogP contribution in [-0.4, -0.2) is 24.1 Å². The third-order valence-corrected chi connectivity index (χ3v) is 13.9. The number of fused-ring (bicyclic) bond motifs is 6. The van der Waals surface area contributed by atoms with Gasteiger partial charge >= 0.3 is 0 Å². The van der Waals surface area contributed by atoms with Gasteiger partial charge in [-0.2, -0.15) is 15.8 Å². The summed E-state index contributed by atoms with van der Waals surface area (Å²) in [6.07, 6.45) is 0. The molecule has 0 unspecified atom stereocenters. The largest absolute Gasteiger partial charge is 0.309 e. The standard InChI is InChI=1S/C66H38N8/c67-39-42-13-11-16-46(35-42)52-33-31-48(37-62(52)73-58-23-7-3-19-54(58)55-20-4-8-24-59(55)73)65-70-64(45-29-27-44(28-30-45)51-18-2-1-15-50(51)41-69)71-66(72-65)49-32-34-53(47-17-12-14-43(36-47)40-68)63(38-49)74-60-25-9-5-21-56(60)57-22-6-10-26-61(57)74/h1-38H. The first-order valence-electron chi connectivity index (χ1n) is 24.2. The Balaban J connectivity index is 1.06. The van der Waals surface area contributed by atoms with Gasteiger partial charge in [0.05, 0.1) is 68.3 Å². The van der Waals surface area contributed by atoms with E-state index in [0.29, 0.717) is 34.2 Å². The van der Waals surface area contributed by atoms with E-state index in [2.05, 4.69) is 149 Å². The molecule has 8 heteroatoms. The molecule has 74 heavy (non-hydrogen) atoms. The minimum Gasteiger partial charge on any atom is -0.309 e.